The number of rotatable bonds is 9. The lowest BCUT2D eigenvalue weighted by Crippen LogP contribution is -2.34. The highest BCUT2D eigenvalue weighted by Gasteiger charge is 2.29. The molecule has 6 rings (SSSR count). The molecule has 0 spiro atoms. The molecule has 0 aliphatic heterocycles. The van der Waals surface area contributed by atoms with Gasteiger partial charge in [0.25, 0.3) is 0 Å². The Labute approximate surface area is 277 Å². The molecule has 0 saturated carbocycles. The van der Waals surface area contributed by atoms with E-state index < -0.39 is 35.2 Å². The van der Waals surface area contributed by atoms with Crippen molar-refractivity contribution in [1.82, 2.24) is 30.3 Å². The number of nitrogens with zero attached hydrogens (tertiary/aromatic N) is 4. The largest absolute Gasteiger partial charge is 0.490 e. The zero-order valence-electron chi connectivity index (χ0n) is 27.1. The molecule has 0 radical (unpaired) electrons. The quantitative estimate of drug-likeness (QED) is 0.149. The Morgan fingerprint density at radius 2 is 1.85 bits per heavy atom. The fourth-order valence-corrected chi connectivity index (χ4v) is 6.33. The lowest BCUT2D eigenvalue weighted by molar-refractivity contribution is 0.0507. The first-order valence-electron chi connectivity index (χ1n) is 15.0. The van der Waals surface area contributed by atoms with Crippen LogP contribution in [0.3, 0.4) is 0 Å². The van der Waals surface area contributed by atoms with E-state index in [1.54, 1.807) is 44.6 Å². The van der Waals surface area contributed by atoms with Crippen LogP contribution in [0.1, 0.15) is 39.4 Å². The summed E-state index contributed by atoms with van der Waals surface area (Å²) in [5, 5.41) is 16.7. The van der Waals surface area contributed by atoms with Crippen LogP contribution in [-0.2, 0) is 16.5 Å². The summed E-state index contributed by atoms with van der Waals surface area (Å²) in [5.74, 6) is -2.62. The van der Waals surface area contributed by atoms with Gasteiger partial charge in [-0.3, -0.25) is 9.78 Å². The van der Waals surface area contributed by atoms with Crippen molar-refractivity contribution in [2.45, 2.75) is 39.3 Å². The van der Waals surface area contributed by atoms with E-state index in [1.165, 1.54) is 12.5 Å². The summed E-state index contributed by atoms with van der Waals surface area (Å²) in [5.41, 5.74) is 1.93. The number of alkyl carbamates (subject to hydrolysis) is 1. The summed E-state index contributed by atoms with van der Waals surface area (Å²) < 4.78 is 65.0. The molecule has 10 nitrogen and oxygen atoms in total. The molecule has 4 aromatic heterocycles. The second-order valence-electron chi connectivity index (χ2n) is 12.2. The first-order chi connectivity index (χ1) is 22.8. The van der Waals surface area contributed by atoms with Crippen LogP contribution in [-0.4, -0.2) is 57.0 Å². The number of carbonyl (C=O) groups excluding carboxylic acids is 1. The van der Waals surface area contributed by atoms with Crippen LogP contribution in [0.2, 0.25) is 0 Å². The van der Waals surface area contributed by atoms with Gasteiger partial charge in [-0.25, -0.2) is 22.9 Å². The number of hydrogen-bond acceptors (Lipinski definition) is 8. The Bertz CT molecular complexity index is 2150. The number of thiophene rings is 1. The first-order valence-corrected chi connectivity index (χ1v) is 15.9. The van der Waals surface area contributed by atoms with Crippen LogP contribution in [0.15, 0.2) is 48.0 Å². The van der Waals surface area contributed by atoms with Gasteiger partial charge in [-0.05, 0) is 45.9 Å². The standard InChI is InChI=1S/C34H33F3N6O4S/c1-17(39-33(44)47-34(2,3)4)23-14-24(42-41-23)31-29(27-21(36)12-20(35)13-26(27)46-10-9-45-6)28-22(37)16-48-32(28)30(40-31)18-7-8-25-19(11-18)15-38-43(25)5/h7-8,11-17H,9-10H2,1-6H3,(H,39,44)(H,41,42)/t17-/m1/s1. The third-order valence-electron chi connectivity index (χ3n) is 7.55. The summed E-state index contributed by atoms with van der Waals surface area (Å²) in [4.78, 5) is 17.5. The third-order valence-corrected chi connectivity index (χ3v) is 8.50. The van der Waals surface area contributed by atoms with E-state index in [2.05, 4.69) is 20.6 Å². The molecule has 1 amide bonds. The number of ether oxygens (including phenoxy) is 3. The maximum absolute atomic E-state index is 16.0. The summed E-state index contributed by atoms with van der Waals surface area (Å²) in [6.45, 7) is 7.12. The molecule has 0 fully saturated rings. The SMILES string of the molecule is COCCOc1cc(F)cc(F)c1-c1c(-c2cc([C@@H](C)NC(=O)OC(C)(C)C)[nH]n2)nc(-c2ccc3c(cnn3C)c2)c2scc(F)c12. The Morgan fingerprint density at radius 3 is 2.60 bits per heavy atom. The van der Waals surface area contributed by atoms with Crippen molar-refractivity contribution in [2.75, 3.05) is 20.3 Å². The van der Waals surface area contributed by atoms with Gasteiger partial charge in [-0.2, -0.15) is 10.2 Å². The monoisotopic (exact) mass is 678 g/mol. The average molecular weight is 679 g/mol. The number of fused-ring (bicyclic) bond motifs is 2. The van der Waals surface area contributed by atoms with Crippen LogP contribution < -0.4 is 10.1 Å². The van der Waals surface area contributed by atoms with Crippen LogP contribution in [0.5, 0.6) is 5.75 Å². The number of nitrogens with one attached hydrogen (secondary N) is 2. The summed E-state index contributed by atoms with van der Waals surface area (Å²) in [7, 11) is 3.30. The van der Waals surface area contributed by atoms with Gasteiger partial charge in [-0.15, -0.1) is 11.3 Å². The maximum Gasteiger partial charge on any atom is 0.408 e. The molecule has 0 aliphatic rings. The Kier molecular flexibility index (Phi) is 8.88. The molecule has 2 aromatic carbocycles. The highest BCUT2D eigenvalue weighted by atomic mass is 32.1. The number of aromatic nitrogens is 5. The number of methoxy groups -OCH3 is 1. The molecule has 0 bridgehead atoms. The maximum atomic E-state index is 16.0. The fraction of sp³-hybridized carbons (Fsp3) is 0.294. The highest BCUT2D eigenvalue weighted by molar-refractivity contribution is 7.17. The van der Waals surface area contributed by atoms with Gasteiger partial charge in [-0.1, -0.05) is 6.07 Å². The van der Waals surface area contributed by atoms with Crippen LogP contribution in [0, 0.1) is 17.5 Å². The molecule has 6 aromatic rings. The fourth-order valence-electron chi connectivity index (χ4n) is 5.40. The normalized spacial score (nSPS) is 12.5. The van der Waals surface area contributed by atoms with Crippen molar-refractivity contribution >= 4 is 38.4 Å². The lowest BCUT2D eigenvalue weighted by Gasteiger charge is -2.21. The minimum atomic E-state index is -0.974. The van der Waals surface area contributed by atoms with Crippen molar-refractivity contribution in [1.29, 1.82) is 0 Å². The molecule has 0 unspecified atom stereocenters. The van der Waals surface area contributed by atoms with Crippen LogP contribution in [0.4, 0.5) is 18.0 Å². The number of H-pyrrole nitrogens is 1. The molecule has 0 saturated heterocycles. The van der Waals surface area contributed by atoms with Gasteiger partial charge in [0.05, 0.1) is 46.0 Å². The van der Waals surface area contributed by atoms with Crippen molar-refractivity contribution in [2.24, 2.45) is 7.05 Å². The zero-order chi connectivity index (χ0) is 34.3. The number of halogens is 3. The van der Waals surface area contributed by atoms with E-state index >= 15 is 8.78 Å². The van der Waals surface area contributed by atoms with E-state index in [0.29, 0.717) is 27.7 Å². The van der Waals surface area contributed by atoms with Crippen LogP contribution >= 0.6 is 11.3 Å². The van der Waals surface area contributed by atoms with Gasteiger partial charge in [0.1, 0.15) is 46.8 Å². The number of pyridine rings is 1. The molecule has 250 valence electrons. The van der Waals surface area contributed by atoms with E-state index in [4.69, 9.17) is 19.2 Å². The second kappa shape index (κ2) is 12.9. The molecule has 14 heteroatoms. The number of carbonyl (C=O) groups is 1. The van der Waals surface area contributed by atoms with E-state index in [9.17, 15) is 9.18 Å². The van der Waals surface area contributed by atoms with E-state index in [0.717, 1.165) is 28.3 Å². The van der Waals surface area contributed by atoms with E-state index in [-0.39, 0.29) is 46.9 Å². The third kappa shape index (κ3) is 6.45. The van der Waals surface area contributed by atoms with Gasteiger partial charge < -0.3 is 19.5 Å². The zero-order valence-corrected chi connectivity index (χ0v) is 27.9. The summed E-state index contributed by atoms with van der Waals surface area (Å²) in [6, 6.07) is 8.44. The Morgan fingerprint density at radius 1 is 1.06 bits per heavy atom. The summed E-state index contributed by atoms with van der Waals surface area (Å²) in [6.07, 6.45) is 1.09. The van der Waals surface area contributed by atoms with Crippen molar-refractivity contribution in [3.8, 4) is 39.5 Å². The van der Waals surface area contributed by atoms with Crippen molar-refractivity contribution < 1.29 is 32.2 Å². The predicted octanol–water partition coefficient (Wildman–Crippen LogP) is 7.94. The second-order valence-corrected chi connectivity index (χ2v) is 13.1. The Balaban J connectivity index is 1.58. The molecular formula is C34H33F3N6O4S. The number of amides is 1. The minimum Gasteiger partial charge on any atom is -0.490 e. The molecule has 4 heterocycles. The van der Waals surface area contributed by atoms with E-state index in [1.807, 2.05) is 25.2 Å². The number of hydrogen-bond donors (Lipinski definition) is 2. The number of aromatic amines is 1. The molecule has 2 N–H and O–H groups in total. The van der Waals surface area contributed by atoms with Gasteiger partial charge in [0, 0.05) is 53.6 Å². The molecular weight excluding hydrogens is 645 g/mol. The number of aryl methyl sites for hydroxylation is 1. The molecule has 0 aliphatic carbocycles. The smallest absolute Gasteiger partial charge is 0.408 e. The average Bonchev–Trinajstić information content (AvgIpc) is 3.75. The minimum absolute atomic E-state index is 0.0198. The Hall–Kier alpha value is -4.95. The van der Waals surface area contributed by atoms with Crippen molar-refractivity contribution in [3.05, 3.63) is 71.1 Å². The van der Waals surface area contributed by atoms with Gasteiger partial charge in [0.2, 0.25) is 0 Å². The molecule has 1 atom stereocenters. The highest BCUT2D eigenvalue weighted by Crippen LogP contribution is 2.48. The summed E-state index contributed by atoms with van der Waals surface area (Å²) >= 11 is 1.11. The lowest BCUT2D eigenvalue weighted by atomic mass is 9.94. The predicted molar refractivity (Wildman–Crippen MR) is 177 cm³/mol. The topological polar surface area (TPSA) is 116 Å². The van der Waals surface area contributed by atoms with Crippen molar-refractivity contribution in [3.63, 3.8) is 0 Å². The van der Waals surface area contributed by atoms with Gasteiger partial charge >= 0.3 is 6.09 Å². The number of benzene rings is 2. The van der Waals surface area contributed by atoms with Gasteiger partial charge in [0.15, 0.2) is 0 Å². The van der Waals surface area contributed by atoms with Crippen LogP contribution in [0.25, 0.3) is 54.8 Å². The first kappa shape index (κ1) is 33.0. The molecule has 48 heavy (non-hydrogen) atoms.